The fourth-order valence-electron chi connectivity index (χ4n) is 4.66. The molecule has 0 bridgehead atoms. The second kappa shape index (κ2) is 9.75. The summed E-state index contributed by atoms with van der Waals surface area (Å²) < 4.78 is 11.2. The summed E-state index contributed by atoms with van der Waals surface area (Å²) in [4.78, 5) is 15.7. The standard InChI is InChI=1S/C24H33N3O3/c1-19-7-3-4-8-21(19)22-17-20(30-26-22)18-24(9-15-29-16-10-24)23(28)25-11-14-27-12-5-2-6-13-27/h3-4,7-8,17H,2,5-6,9-16,18H2,1H3,(H,25,28). The Kier molecular flexibility index (Phi) is 6.85. The maximum Gasteiger partial charge on any atom is 0.226 e. The van der Waals surface area contributed by atoms with Crippen LogP contribution in [0.25, 0.3) is 11.3 Å². The Morgan fingerprint density at radius 1 is 1.17 bits per heavy atom. The van der Waals surface area contributed by atoms with Gasteiger partial charge in [-0.15, -0.1) is 0 Å². The molecule has 0 radical (unpaired) electrons. The first-order chi connectivity index (χ1) is 14.7. The molecule has 2 aromatic rings. The summed E-state index contributed by atoms with van der Waals surface area (Å²) in [5.41, 5.74) is 2.58. The average Bonchev–Trinajstić information content (AvgIpc) is 3.23. The molecule has 0 aliphatic carbocycles. The number of ether oxygens (including phenoxy) is 1. The smallest absolute Gasteiger partial charge is 0.226 e. The quantitative estimate of drug-likeness (QED) is 0.754. The number of aromatic nitrogens is 1. The minimum Gasteiger partial charge on any atom is -0.381 e. The average molecular weight is 412 g/mol. The highest BCUT2D eigenvalue weighted by Gasteiger charge is 2.41. The van der Waals surface area contributed by atoms with Crippen molar-refractivity contribution in [3.05, 3.63) is 41.7 Å². The van der Waals surface area contributed by atoms with Gasteiger partial charge in [-0.25, -0.2) is 0 Å². The summed E-state index contributed by atoms with van der Waals surface area (Å²) >= 11 is 0. The van der Waals surface area contributed by atoms with E-state index in [1.165, 1.54) is 19.3 Å². The van der Waals surface area contributed by atoms with Gasteiger partial charge in [-0.2, -0.15) is 0 Å². The van der Waals surface area contributed by atoms with Crippen molar-refractivity contribution in [1.29, 1.82) is 0 Å². The molecule has 2 aliphatic rings. The first-order valence-corrected chi connectivity index (χ1v) is 11.3. The summed E-state index contributed by atoms with van der Waals surface area (Å²) in [5.74, 6) is 0.887. The molecule has 6 heteroatoms. The molecule has 1 amide bonds. The van der Waals surface area contributed by atoms with Crippen LogP contribution >= 0.6 is 0 Å². The predicted octanol–water partition coefficient (Wildman–Crippen LogP) is 3.59. The largest absolute Gasteiger partial charge is 0.381 e. The highest BCUT2D eigenvalue weighted by molar-refractivity contribution is 5.83. The number of amides is 1. The molecule has 0 spiro atoms. The van der Waals surface area contributed by atoms with Crippen LogP contribution in [-0.4, -0.2) is 55.4 Å². The Labute approximate surface area is 179 Å². The third kappa shape index (κ3) is 4.93. The predicted molar refractivity (Wildman–Crippen MR) is 116 cm³/mol. The molecule has 0 saturated carbocycles. The Morgan fingerprint density at radius 2 is 1.93 bits per heavy atom. The van der Waals surface area contributed by atoms with Gasteiger partial charge in [0.1, 0.15) is 11.5 Å². The van der Waals surface area contributed by atoms with E-state index in [0.717, 1.165) is 42.2 Å². The highest BCUT2D eigenvalue weighted by Crippen LogP contribution is 2.36. The van der Waals surface area contributed by atoms with E-state index in [0.29, 0.717) is 39.0 Å². The number of carbonyl (C=O) groups excluding carboxylic acids is 1. The number of nitrogens with one attached hydrogen (secondary N) is 1. The van der Waals surface area contributed by atoms with Gasteiger partial charge in [-0.1, -0.05) is 35.8 Å². The molecule has 1 aromatic heterocycles. The van der Waals surface area contributed by atoms with E-state index >= 15 is 0 Å². The van der Waals surface area contributed by atoms with Gasteiger partial charge < -0.3 is 19.5 Å². The summed E-state index contributed by atoms with van der Waals surface area (Å²) in [7, 11) is 0. The topological polar surface area (TPSA) is 67.6 Å². The third-order valence-electron chi connectivity index (χ3n) is 6.59. The number of likely N-dealkylation sites (tertiary alicyclic amines) is 1. The van der Waals surface area contributed by atoms with E-state index < -0.39 is 5.41 Å². The van der Waals surface area contributed by atoms with Crippen LogP contribution in [0.3, 0.4) is 0 Å². The zero-order valence-corrected chi connectivity index (χ0v) is 18.0. The molecule has 6 nitrogen and oxygen atoms in total. The minimum atomic E-state index is -0.483. The van der Waals surface area contributed by atoms with E-state index in [9.17, 15) is 4.79 Å². The zero-order valence-electron chi connectivity index (χ0n) is 18.0. The number of hydrogen-bond acceptors (Lipinski definition) is 5. The molecule has 30 heavy (non-hydrogen) atoms. The van der Waals surface area contributed by atoms with Crippen molar-refractivity contribution in [2.75, 3.05) is 39.4 Å². The van der Waals surface area contributed by atoms with Gasteiger partial charge in [0.25, 0.3) is 0 Å². The molecular formula is C24H33N3O3. The van der Waals surface area contributed by atoms with Gasteiger partial charge in [-0.3, -0.25) is 4.79 Å². The molecule has 2 fully saturated rings. The van der Waals surface area contributed by atoms with Gasteiger partial charge >= 0.3 is 0 Å². The van der Waals surface area contributed by atoms with Crippen LogP contribution in [0, 0.1) is 12.3 Å². The highest BCUT2D eigenvalue weighted by atomic mass is 16.5. The molecule has 162 valence electrons. The van der Waals surface area contributed by atoms with Crippen molar-refractivity contribution >= 4 is 5.91 Å². The van der Waals surface area contributed by atoms with E-state index in [1.54, 1.807) is 0 Å². The number of aryl methyl sites for hydroxylation is 1. The van der Waals surface area contributed by atoms with E-state index in [1.807, 2.05) is 18.2 Å². The fraction of sp³-hybridized carbons (Fsp3) is 0.583. The first-order valence-electron chi connectivity index (χ1n) is 11.3. The van der Waals surface area contributed by atoms with Crippen molar-refractivity contribution in [3.8, 4) is 11.3 Å². The Bertz CT molecular complexity index is 836. The zero-order chi connectivity index (χ0) is 20.8. The number of hydrogen-bond donors (Lipinski definition) is 1. The lowest BCUT2D eigenvalue weighted by atomic mass is 9.75. The summed E-state index contributed by atoms with van der Waals surface area (Å²) in [6, 6.07) is 10.1. The van der Waals surface area contributed by atoms with Gasteiger partial charge in [0.05, 0.1) is 5.41 Å². The molecule has 2 saturated heterocycles. The lowest BCUT2D eigenvalue weighted by Gasteiger charge is -2.35. The van der Waals surface area contributed by atoms with Crippen molar-refractivity contribution < 1.29 is 14.1 Å². The Balaban J connectivity index is 1.42. The van der Waals surface area contributed by atoms with Gasteiger partial charge in [0.2, 0.25) is 5.91 Å². The molecular weight excluding hydrogens is 378 g/mol. The van der Waals surface area contributed by atoms with E-state index in [-0.39, 0.29) is 5.91 Å². The normalized spacial score (nSPS) is 19.5. The summed E-state index contributed by atoms with van der Waals surface area (Å²) in [6.07, 6.45) is 5.85. The molecule has 2 aliphatic heterocycles. The summed E-state index contributed by atoms with van der Waals surface area (Å²) in [5, 5.41) is 7.49. The molecule has 3 heterocycles. The van der Waals surface area contributed by atoms with Crippen LogP contribution in [0.1, 0.15) is 43.4 Å². The van der Waals surface area contributed by atoms with Crippen LogP contribution in [0.15, 0.2) is 34.9 Å². The lowest BCUT2D eigenvalue weighted by Crippen LogP contribution is -2.48. The van der Waals surface area contributed by atoms with Crippen LogP contribution in [0.5, 0.6) is 0 Å². The van der Waals surface area contributed by atoms with E-state index in [2.05, 4.69) is 34.4 Å². The van der Waals surface area contributed by atoms with Crippen molar-refractivity contribution in [3.63, 3.8) is 0 Å². The summed E-state index contributed by atoms with van der Waals surface area (Å²) in [6.45, 7) is 7.21. The number of piperidine rings is 1. The van der Waals surface area contributed by atoms with Gasteiger partial charge in [0, 0.05) is 44.4 Å². The van der Waals surface area contributed by atoms with Gasteiger partial charge in [-0.05, 0) is 51.3 Å². The second-order valence-electron chi connectivity index (χ2n) is 8.72. The molecule has 1 N–H and O–H groups in total. The van der Waals surface area contributed by atoms with Crippen LogP contribution in [0.2, 0.25) is 0 Å². The monoisotopic (exact) mass is 411 g/mol. The maximum absolute atomic E-state index is 13.2. The lowest BCUT2D eigenvalue weighted by molar-refractivity contribution is -0.137. The van der Waals surface area contributed by atoms with Crippen molar-refractivity contribution in [2.45, 2.75) is 45.4 Å². The molecule has 0 atom stereocenters. The van der Waals surface area contributed by atoms with Crippen molar-refractivity contribution in [2.24, 2.45) is 5.41 Å². The fourth-order valence-corrected chi connectivity index (χ4v) is 4.66. The molecule has 0 unspecified atom stereocenters. The number of carbonyl (C=O) groups is 1. The van der Waals surface area contributed by atoms with Crippen LogP contribution in [-0.2, 0) is 16.0 Å². The second-order valence-corrected chi connectivity index (χ2v) is 8.72. The van der Waals surface area contributed by atoms with Crippen LogP contribution < -0.4 is 5.32 Å². The Hall–Kier alpha value is -2.18. The SMILES string of the molecule is Cc1ccccc1-c1cc(CC2(C(=O)NCCN3CCCCC3)CCOCC2)on1. The Morgan fingerprint density at radius 3 is 2.70 bits per heavy atom. The third-order valence-corrected chi connectivity index (χ3v) is 6.59. The molecule has 1 aromatic carbocycles. The number of nitrogens with zero attached hydrogens (tertiary/aromatic N) is 2. The number of benzene rings is 1. The molecule has 4 rings (SSSR count). The van der Waals surface area contributed by atoms with Crippen LogP contribution in [0.4, 0.5) is 0 Å². The van der Waals surface area contributed by atoms with Crippen molar-refractivity contribution in [1.82, 2.24) is 15.4 Å². The maximum atomic E-state index is 13.2. The first kappa shape index (κ1) is 21.1. The minimum absolute atomic E-state index is 0.122. The van der Waals surface area contributed by atoms with E-state index in [4.69, 9.17) is 9.26 Å². The number of rotatable bonds is 7. The van der Waals surface area contributed by atoms with Gasteiger partial charge in [0.15, 0.2) is 0 Å².